The summed E-state index contributed by atoms with van der Waals surface area (Å²) in [5.74, 6) is 1.47. The maximum Gasteiger partial charge on any atom is 0.217 e. The lowest BCUT2D eigenvalue weighted by Crippen LogP contribution is -2.38. The number of ether oxygens (including phenoxy) is 3. The number of nitrogens with zero attached hydrogens (tertiary/aromatic N) is 1. The molecule has 0 aliphatic rings. The maximum absolute atomic E-state index is 13.7. The summed E-state index contributed by atoms with van der Waals surface area (Å²) in [5.41, 5.74) is 1.79. The molecule has 0 heterocycles. The molecule has 0 aliphatic heterocycles. The van der Waals surface area contributed by atoms with Gasteiger partial charge in [0, 0.05) is 26.8 Å². The minimum atomic E-state index is -3.59. The average Bonchev–Trinajstić information content (AvgIpc) is 2.79. The summed E-state index contributed by atoms with van der Waals surface area (Å²) >= 11 is 0. The lowest BCUT2D eigenvalue weighted by molar-refractivity contribution is 0.191. The van der Waals surface area contributed by atoms with Gasteiger partial charge < -0.3 is 14.2 Å². The minimum Gasteiger partial charge on any atom is -0.497 e. The van der Waals surface area contributed by atoms with Crippen LogP contribution in [-0.4, -0.2) is 45.9 Å². The van der Waals surface area contributed by atoms with Gasteiger partial charge in [0.2, 0.25) is 10.0 Å². The van der Waals surface area contributed by atoms with Crippen LogP contribution < -0.4 is 9.47 Å². The van der Waals surface area contributed by atoms with Gasteiger partial charge in [-0.2, -0.15) is 4.31 Å². The van der Waals surface area contributed by atoms with E-state index < -0.39 is 15.3 Å². The van der Waals surface area contributed by atoms with E-state index in [2.05, 4.69) is 6.58 Å². The quantitative estimate of drug-likeness (QED) is 0.402. The van der Waals surface area contributed by atoms with Gasteiger partial charge in [-0.05, 0) is 54.7 Å². The van der Waals surface area contributed by atoms with Gasteiger partial charge >= 0.3 is 0 Å². The van der Waals surface area contributed by atoms with Gasteiger partial charge in [-0.3, -0.25) is 0 Å². The van der Waals surface area contributed by atoms with Gasteiger partial charge in [0.15, 0.2) is 0 Å². The molecule has 170 valence electrons. The molecule has 2 aromatic carbocycles. The summed E-state index contributed by atoms with van der Waals surface area (Å²) in [7, 11) is 1.21. The van der Waals surface area contributed by atoms with Crippen LogP contribution in [0.25, 0.3) is 0 Å². The Labute approximate surface area is 186 Å². The van der Waals surface area contributed by atoms with Crippen molar-refractivity contribution in [2.45, 2.75) is 37.6 Å². The van der Waals surface area contributed by atoms with Crippen LogP contribution in [0.1, 0.15) is 30.4 Å². The molecule has 0 saturated heterocycles. The first-order valence-electron chi connectivity index (χ1n) is 10.3. The normalized spacial score (nSPS) is 12.5. The highest BCUT2D eigenvalue weighted by atomic mass is 32.2. The minimum absolute atomic E-state index is 0.274. The van der Waals surface area contributed by atoms with Gasteiger partial charge in [-0.25, -0.2) is 8.42 Å². The van der Waals surface area contributed by atoms with Gasteiger partial charge in [0.25, 0.3) is 0 Å². The number of benzene rings is 2. The van der Waals surface area contributed by atoms with Gasteiger partial charge in [0.05, 0.1) is 19.5 Å². The van der Waals surface area contributed by atoms with E-state index in [1.165, 1.54) is 0 Å². The molecule has 0 N–H and O–H groups in total. The third kappa shape index (κ3) is 7.38. The lowest BCUT2D eigenvalue weighted by atomic mass is 10.2. The summed E-state index contributed by atoms with van der Waals surface area (Å²) in [5, 5.41) is -0.540. The Balaban J connectivity index is 2.34. The van der Waals surface area contributed by atoms with E-state index in [1.54, 1.807) is 31.7 Å². The van der Waals surface area contributed by atoms with Gasteiger partial charge in [0.1, 0.15) is 11.5 Å². The lowest BCUT2D eigenvalue weighted by Gasteiger charge is -2.28. The van der Waals surface area contributed by atoms with Gasteiger partial charge in [-0.1, -0.05) is 30.3 Å². The molecule has 0 amide bonds. The Hall–Kier alpha value is -2.35. The first-order valence-corrected chi connectivity index (χ1v) is 11.8. The predicted molar refractivity (Wildman–Crippen MR) is 124 cm³/mol. The second-order valence-corrected chi connectivity index (χ2v) is 9.49. The number of methoxy groups -OCH3 is 3. The molecule has 0 fully saturated rings. The van der Waals surface area contributed by atoms with Gasteiger partial charge in [-0.15, -0.1) is 6.58 Å². The van der Waals surface area contributed by atoms with E-state index in [4.69, 9.17) is 14.2 Å². The molecule has 2 aromatic rings. The van der Waals surface area contributed by atoms with Crippen molar-refractivity contribution in [2.24, 2.45) is 0 Å². The molecule has 1 atom stereocenters. The predicted octanol–water partition coefficient (Wildman–Crippen LogP) is 4.41. The first-order chi connectivity index (χ1) is 14.9. The molecule has 0 radical (unpaired) electrons. The summed E-state index contributed by atoms with van der Waals surface area (Å²) in [6.07, 6.45) is 3.34. The Morgan fingerprint density at radius 2 is 1.35 bits per heavy atom. The molecule has 0 unspecified atom stereocenters. The molecule has 0 spiro atoms. The first kappa shape index (κ1) is 24.9. The molecule has 0 saturated carbocycles. The fourth-order valence-corrected chi connectivity index (χ4v) is 5.22. The second-order valence-electron chi connectivity index (χ2n) is 7.28. The Morgan fingerprint density at radius 3 is 1.74 bits per heavy atom. The fraction of sp³-hybridized carbons (Fsp3) is 0.417. The summed E-state index contributed by atoms with van der Waals surface area (Å²) in [4.78, 5) is 0. The third-order valence-corrected chi connectivity index (χ3v) is 7.45. The van der Waals surface area contributed by atoms with Crippen LogP contribution in [0, 0.1) is 0 Å². The molecular formula is C24H33NO5S. The van der Waals surface area contributed by atoms with Crippen molar-refractivity contribution in [2.75, 3.05) is 27.9 Å². The van der Waals surface area contributed by atoms with E-state index >= 15 is 0 Å². The van der Waals surface area contributed by atoms with E-state index in [0.717, 1.165) is 22.6 Å². The fourth-order valence-electron chi connectivity index (χ4n) is 3.31. The molecule has 0 aromatic heterocycles. The molecule has 0 bridgehead atoms. The molecule has 0 aliphatic carbocycles. The zero-order valence-corrected chi connectivity index (χ0v) is 19.4. The van der Waals surface area contributed by atoms with Crippen molar-refractivity contribution in [3.63, 3.8) is 0 Å². The highest BCUT2D eigenvalue weighted by Crippen LogP contribution is 2.24. The van der Waals surface area contributed by atoms with Crippen molar-refractivity contribution >= 4 is 10.0 Å². The molecule has 6 nitrogen and oxygen atoms in total. The molecule has 2 rings (SSSR count). The smallest absolute Gasteiger partial charge is 0.217 e. The Kier molecular flexibility index (Phi) is 10.0. The van der Waals surface area contributed by atoms with E-state index in [0.29, 0.717) is 25.9 Å². The summed E-state index contributed by atoms with van der Waals surface area (Å²) in [6, 6.07) is 14.9. The van der Waals surface area contributed by atoms with Crippen LogP contribution in [0.3, 0.4) is 0 Å². The standard InChI is InChI=1S/C24H33NO5S/c1-5-6-7-24(16-17-28-2)31(26,27)25(18-20-8-12-22(29-3)13-9-20)19-21-10-14-23(30-4)15-11-21/h5,8-15,24H,1,6-7,16-19H2,2-4H3/t24-/m0/s1. The Morgan fingerprint density at radius 1 is 0.871 bits per heavy atom. The van der Waals surface area contributed by atoms with Crippen LogP contribution in [0.4, 0.5) is 0 Å². The zero-order valence-electron chi connectivity index (χ0n) is 18.6. The van der Waals surface area contributed by atoms with Crippen LogP contribution in [0.15, 0.2) is 61.2 Å². The molecule has 31 heavy (non-hydrogen) atoms. The number of sulfonamides is 1. The summed E-state index contributed by atoms with van der Waals surface area (Å²) in [6.45, 7) is 4.68. The Bertz CT molecular complexity index is 845. The number of rotatable bonds is 14. The monoisotopic (exact) mass is 447 g/mol. The number of hydrogen-bond acceptors (Lipinski definition) is 5. The van der Waals surface area contributed by atoms with Crippen LogP contribution >= 0.6 is 0 Å². The van der Waals surface area contributed by atoms with Crippen molar-refractivity contribution < 1.29 is 22.6 Å². The maximum atomic E-state index is 13.7. The highest BCUT2D eigenvalue weighted by molar-refractivity contribution is 7.89. The number of hydrogen-bond donors (Lipinski definition) is 0. The third-order valence-electron chi connectivity index (χ3n) is 5.15. The van der Waals surface area contributed by atoms with Crippen LogP contribution in [-0.2, 0) is 27.8 Å². The van der Waals surface area contributed by atoms with Crippen molar-refractivity contribution in [1.82, 2.24) is 4.31 Å². The summed E-state index contributed by atoms with van der Waals surface area (Å²) < 4.78 is 44.5. The highest BCUT2D eigenvalue weighted by Gasteiger charge is 2.31. The molecular weight excluding hydrogens is 414 g/mol. The van der Waals surface area contributed by atoms with E-state index in [-0.39, 0.29) is 13.1 Å². The van der Waals surface area contributed by atoms with Crippen LogP contribution in [0.5, 0.6) is 11.5 Å². The second kappa shape index (κ2) is 12.5. The van der Waals surface area contributed by atoms with Crippen molar-refractivity contribution in [1.29, 1.82) is 0 Å². The van der Waals surface area contributed by atoms with Crippen LogP contribution in [0.2, 0.25) is 0 Å². The van der Waals surface area contributed by atoms with Crippen molar-refractivity contribution in [3.8, 4) is 11.5 Å². The van der Waals surface area contributed by atoms with E-state index in [1.807, 2.05) is 48.5 Å². The SMILES string of the molecule is C=CCC[C@@H](CCOC)S(=O)(=O)N(Cc1ccc(OC)cc1)Cc1ccc(OC)cc1. The zero-order chi connectivity index (χ0) is 22.7. The largest absolute Gasteiger partial charge is 0.497 e. The average molecular weight is 448 g/mol. The topological polar surface area (TPSA) is 65.1 Å². The van der Waals surface area contributed by atoms with Crippen molar-refractivity contribution in [3.05, 3.63) is 72.3 Å². The molecule has 7 heteroatoms. The van der Waals surface area contributed by atoms with E-state index in [9.17, 15) is 8.42 Å². The number of allylic oxidation sites excluding steroid dienone is 1.